The van der Waals surface area contributed by atoms with Crippen molar-refractivity contribution in [1.29, 1.82) is 0 Å². The summed E-state index contributed by atoms with van der Waals surface area (Å²) in [4.78, 5) is 38.6. The lowest BCUT2D eigenvalue weighted by molar-refractivity contribution is -0.131. The number of amides is 1. The highest BCUT2D eigenvalue weighted by Crippen LogP contribution is 2.37. The number of hydrogen-bond donors (Lipinski definition) is 2. The standard InChI is InChI=1S/C27H26N2O4/c30-25(29(20-9-2-1-3-10-20)21-11-4-5-17-28-18-21)16-15-19-8-6-13-23-22(19)12-7-14-24(23)26(31)27(32)33/h1-5,7,9-12,14,17-19,28H,6,8,13,15-16H2,(H,32,33). The molecule has 6 nitrogen and oxygen atoms in total. The van der Waals surface area contributed by atoms with Crippen molar-refractivity contribution in [1.82, 2.24) is 5.32 Å². The van der Waals surface area contributed by atoms with E-state index in [-0.39, 0.29) is 17.4 Å². The van der Waals surface area contributed by atoms with Gasteiger partial charge >= 0.3 is 5.97 Å². The number of carbonyl (C=O) groups excluding carboxylic acids is 2. The predicted octanol–water partition coefficient (Wildman–Crippen LogP) is 4.70. The van der Waals surface area contributed by atoms with Gasteiger partial charge in [0.05, 0.1) is 5.70 Å². The molecule has 1 heterocycles. The van der Waals surface area contributed by atoms with Gasteiger partial charge in [-0.05, 0) is 67.0 Å². The average molecular weight is 443 g/mol. The van der Waals surface area contributed by atoms with E-state index in [9.17, 15) is 19.5 Å². The number of rotatable bonds is 7. The van der Waals surface area contributed by atoms with Crippen molar-refractivity contribution in [3.63, 3.8) is 0 Å². The molecule has 33 heavy (non-hydrogen) atoms. The van der Waals surface area contributed by atoms with Gasteiger partial charge in [0.1, 0.15) is 0 Å². The van der Waals surface area contributed by atoms with Crippen LogP contribution in [-0.4, -0.2) is 22.8 Å². The quantitative estimate of drug-likeness (QED) is 0.479. The SMILES string of the molecule is O=C(O)C(=O)c1cccc2c1CCCC2CCC(=O)N(C1=CNC=CC=C1)c1ccccc1. The molecule has 1 unspecified atom stereocenters. The maximum atomic E-state index is 13.4. The molecule has 1 aliphatic heterocycles. The summed E-state index contributed by atoms with van der Waals surface area (Å²) in [6.45, 7) is 0. The maximum Gasteiger partial charge on any atom is 0.377 e. The second kappa shape index (κ2) is 10.1. The summed E-state index contributed by atoms with van der Waals surface area (Å²) in [5.41, 5.74) is 3.62. The fourth-order valence-electron chi connectivity index (χ4n) is 4.58. The Morgan fingerprint density at radius 1 is 1.03 bits per heavy atom. The number of hydrogen-bond acceptors (Lipinski definition) is 4. The Morgan fingerprint density at radius 3 is 2.64 bits per heavy atom. The molecule has 0 bridgehead atoms. The second-order valence-corrected chi connectivity index (χ2v) is 8.15. The van der Waals surface area contributed by atoms with Gasteiger partial charge < -0.3 is 10.4 Å². The highest BCUT2D eigenvalue weighted by atomic mass is 16.4. The summed E-state index contributed by atoms with van der Waals surface area (Å²) in [6.07, 6.45) is 12.6. The molecule has 4 rings (SSSR count). The normalized spacial score (nSPS) is 16.7. The molecule has 2 aliphatic rings. The zero-order valence-corrected chi connectivity index (χ0v) is 18.2. The van der Waals surface area contributed by atoms with E-state index < -0.39 is 11.8 Å². The molecule has 2 aromatic rings. The second-order valence-electron chi connectivity index (χ2n) is 8.15. The number of benzene rings is 2. The van der Waals surface area contributed by atoms with Gasteiger partial charge in [-0.3, -0.25) is 14.5 Å². The number of nitrogens with one attached hydrogen (secondary N) is 1. The van der Waals surface area contributed by atoms with Crippen molar-refractivity contribution in [2.45, 2.75) is 38.0 Å². The number of fused-ring (bicyclic) bond motifs is 1. The molecule has 1 aliphatic carbocycles. The first-order chi connectivity index (χ1) is 16.1. The van der Waals surface area contributed by atoms with E-state index in [2.05, 4.69) is 5.32 Å². The molecule has 0 fully saturated rings. The zero-order valence-electron chi connectivity index (χ0n) is 18.2. The number of nitrogens with zero attached hydrogens (tertiary/aromatic N) is 1. The number of carboxylic acid groups (broad SMARTS) is 1. The Hall–Kier alpha value is -3.93. The number of carbonyl (C=O) groups is 3. The Kier molecular flexibility index (Phi) is 6.83. The smallest absolute Gasteiger partial charge is 0.377 e. The Bertz CT molecular complexity index is 1150. The molecule has 1 amide bonds. The van der Waals surface area contributed by atoms with E-state index >= 15 is 0 Å². The number of aliphatic carboxylic acids is 1. The molecule has 0 spiro atoms. The van der Waals surface area contributed by atoms with Crippen molar-refractivity contribution >= 4 is 23.3 Å². The van der Waals surface area contributed by atoms with Crippen LogP contribution in [0.25, 0.3) is 0 Å². The number of Topliss-reactive ketones (excluding diaryl/α,β-unsaturated/α-hetero) is 1. The van der Waals surface area contributed by atoms with Gasteiger partial charge in [-0.15, -0.1) is 0 Å². The van der Waals surface area contributed by atoms with Crippen molar-refractivity contribution in [3.05, 3.63) is 102 Å². The van der Waals surface area contributed by atoms with Gasteiger partial charge in [-0.2, -0.15) is 0 Å². The summed E-state index contributed by atoms with van der Waals surface area (Å²) in [7, 11) is 0. The Balaban J connectivity index is 1.56. The molecule has 0 aromatic heterocycles. The van der Waals surface area contributed by atoms with Gasteiger partial charge in [0.15, 0.2) is 0 Å². The lowest BCUT2D eigenvalue weighted by Gasteiger charge is -2.28. The third-order valence-corrected chi connectivity index (χ3v) is 6.10. The predicted molar refractivity (Wildman–Crippen MR) is 127 cm³/mol. The van der Waals surface area contributed by atoms with E-state index in [1.807, 2.05) is 54.6 Å². The van der Waals surface area contributed by atoms with Crippen LogP contribution in [0.1, 0.15) is 53.1 Å². The van der Waals surface area contributed by atoms with Crippen molar-refractivity contribution in [3.8, 4) is 0 Å². The fraction of sp³-hybridized carbons (Fsp3) is 0.222. The monoisotopic (exact) mass is 442 g/mol. The molecule has 1 atom stereocenters. The first-order valence-corrected chi connectivity index (χ1v) is 11.1. The van der Waals surface area contributed by atoms with Crippen molar-refractivity contribution in [2.24, 2.45) is 0 Å². The molecule has 0 saturated heterocycles. The number of anilines is 1. The molecular weight excluding hydrogens is 416 g/mol. The number of carboxylic acids is 1. The summed E-state index contributed by atoms with van der Waals surface area (Å²) in [6, 6.07) is 14.8. The molecular formula is C27H26N2O4. The van der Waals surface area contributed by atoms with Gasteiger partial charge in [0, 0.05) is 30.1 Å². The topological polar surface area (TPSA) is 86.7 Å². The first kappa shape index (κ1) is 22.3. The zero-order chi connectivity index (χ0) is 23.2. The van der Waals surface area contributed by atoms with Gasteiger partial charge in [0.2, 0.25) is 5.91 Å². The van der Waals surface area contributed by atoms with E-state index in [1.54, 1.807) is 29.4 Å². The van der Waals surface area contributed by atoms with Gasteiger partial charge in [-0.25, -0.2) is 4.79 Å². The van der Waals surface area contributed by atoms with Crippen LogP contribution in [0.5, 0.6) is 0 Å². The van der Waals surface area contributed by atoms with E-state index in [0.717, 1.165) is 35.4 Å². The van der Waals surface area contributed by atoms with Crippen LogP contribution in [-0.2, 0) is 16.0 Å². The summed E-state index contributed by atoms with van der Waals surface area (Å²) in [5, 5.41) is 12.2. The maximum absolute atomic E-state index is 13.4. The van der Waals surface area contributed by atoms with Crippen LogP contribution in [0.15, 0.2) is 84.9 Å². The average Bonchev–Trinajstić information content (AvgIpc) is 3.12. The van der Waals surface area contributed by atoms with Crippen molar-refractivity contribution in [2.75, 3.05) is 4.90 Å². The number of para-hydroxylation sites is 1. The third-order valence-electron chi connectivity index (χ3n) is 6.10. The van der Waals surface area contributed by atoms with Gasteiger partial charge in [-0.1, -0.05) is 42.5 Å². The molecule has 6 heteroatoms. The molecule has 168 valence electrons. The van der Waals surface area contributed by atoms with Gasteiger partial charge in [0.25, 0.3) is 5.78 Å². The fourth-order valence-corrected chi connectivity index (χ4v) is 4.58. The van der Waals surface area contributed by atoms with Crippen LogP contribution < -0.4 is 10.2 Å². The summed E-state index contributed by atoms with van der Waals surface area (Å²) >= 11 is 0. The Labute approximate surface area is 192 Å². The lowest BCUT2D eigenvalue weighted by Crippen LogP contribution is -2.30. The first-order valence-electron chi connectivity index (χ1n) is 11.1. The largest absolute Gasteiger partial charge is 0.475 e. The van der Waals surface area contributed by atoms with Crippen LogP contribution in [0.2, 0.25) is 0 Å². The molecule has 0 radical (unpaired) electrons. The van der Waals surface area contributed by atoms with Crippen LogP contribution in [0.4, 0.5) is 5.69 Å². The summed E-state index contributed by atoms with van der Waals surface area (Å²) < 4.78 is 0. The molecule has 2 N–H and O–H groups in total. The number of allylic oxidation sites excluding steroid dienone is 3. The lowest BCUT2D eigenvalue weighted by atomic mass is 9.78. The van der Waals surface area contributed by atoms with E-state index in [4.69, 9.17) is 0 Å². The van der Waals surface area contributed by atoms with Crippen molar-refractivity contribution < 1.29 is 19.5 Å². The van der Waals surface area contributed by atoms with E-state index in [1.165, 1.54) is 0 Å². The number of ketones is 1. The minimum atomic E-state index is -1.44. The molecule has 2 aromatic carbocycles. The minimum Gasteiger partial charge on any atom is -0.475 e. The van der Waals surface area contributed by atoms with Crippen LogP contribution in [0.3, 0.4) is 0 Å². The van der Waals surface area contributed by atoms with Crippen LogP contribution in [0, 0.1) is 0 Å². The third kappa shape index (κ3) is 4.95. The summed E-state index contributed by atoms with van der Waals surface area (Å²) in [5.74, 6) is -2.22. The minimum absolute atomic E-state index is 0.0225. The molecule has 0 saturated carbocycles. The highest BCUT2D eigenvalue weighted by molar-refractivity contribution is 6.40. The van der Waals surface area contributed by atoms with Crippen LogP contribution >= 0.6 is 0 Å². The van der Waals surface area contributed by atoms with E-state index in [0.29, 0.717) is 19.3 Å². The Morgan fingerprint density at radius 2 is 1.85 bits per heavy atom. The highest BCUT2D eigenvalue weighted by Gasteiger charge is 2.28.